The van der Waals surface area contributed by atoms with Gasteiger partial charge < -0.3 is 20.6 Å². The first-order valence-corrected chi connectivity index (χ1v) is 15.6. The van der Waals surface area contributed by atoms with E-state index in [1.807, 2.05) is 6.20 Å². The predicted molar refractivity (Wildman–Crippen MR) is 160 cm³/mol. The maximum Gasteiger partial charge on any atom is 0.123 e. The summed E-state index contributed by atoms with van der Waals surface area (Å²) in [4.78, 5) is 16.8. The maximum atomic E-state index is 4.82. The molecule has 2 saturated heterocycles. The smallest absolute Gasteiger partial charge is 0.123 e. The van der Waals surface area contributed by atoms with Gasteiger partial charge in [0.15, 0.2) is 0 Å². The second kappa shape index (κ2) is 10.0. The molecule has 0 bridgehead atoms. The Morgan fingerprint density at radius 3 is 1.82 bits per heavy atom. The van der Waals surface area contributed by atoms with E-state index in [2.05, 4.69) is 68.2 Å². The van der Waals surface area contributed by atoms with Gasteiger partial charge >= 0.3 is 0 Å². The van der Waals surface area contributed by atoms with Crippen molar-refractivity contribution in [2.45, 2.75) is 82.7 Å². The molecule has 4 aromatic rings. The Balaban J connectivity index is 1.13. The van der Waals surface area contributed by atoms with Crippen LogP contribution in [0, 0.1) is 5.41 Å². The monoisotopic (exact) mass is 532 g/mol. The number of imidazole rings is 2. The molecule has 6 nitrogen and oxygen atoms in total. The van der Waals surface area contributed by atoms with Crippen LogP contribution in [0.1, 0.15) is 92.6 Å². The van der Waals surface area contributed by atoms with Crippen molar-refractivity contribution in [3.05, 3.63) is 71.6 Å². The van der Waals surface area contributed by atoms with Crippen LogP contribution in [0.25, 0.3) is 33.6 Å². The van der Waals surface area contributed by atoms with Gasteiger partial charge in [0.05, 0.1) is 35.9 Å². The molecule has 6 heteroatoms. The summed E-state index contributed by atoms with van der Waals surface area (Å²) in [7, 11) is 0. The van der Waals surface area contributed by atoms with E-state index in [1.54, 1.807) is 11.1 Å². The van der Waals surface area contributed by atoms with Gasteiger partial charge in [0.25, 0.3) is 0 Å². The number of rotatable bonds is 5. The number of benzene rings is 2. The number of aromatic amines is 2. The minimum absolute atomic E-state index is 0.363. The Hall–Kier alpha value is -3.22. The van der Waals surface area contributed by atoms with Crippen molar-refractivity contribution >= 4 is 0 Å². The molecule has 4 N–H and O–H groups in total. The van der Waals surface area contributed by atoms with Gasteiger partial charge in [-0.25, -0.2) is 9.97 Å². The highest BCUT2D eigenvalue weighted by atomic mass is 15.0. The summed E-state index contributed by atoms with van der Waals surface area (Å²) in [6.07, 6.45) is 18.1. The van der Waals surface area contributed by atoms with Gasteiger partial charge in [0.2, 0.25) is 0 Å². The van der Waals surface area contributed by atoms with E-state index in [4.69, 9.17) is 4.98 Å². The van der Waals surface area contributed by atoms with E-state index in [9.17, 15) is 0 Å². The second-order valence-corrected chi connectivity index (χ2v) is 12.8. The first-order chi connectivity index (χ1) is 19.7. The molecule has 2 atom stereocenters. The van der Waals surface area contributed by atoms with E-state index in [0.717, 1.165) is 36.9 Å². The first kappa shape index (κ1) is 24.6. The van der Waals surface area contributed by atoms with Gasteiger partial charge in [-0.1, -0.05) is 55.7 Å². The van der Waals surface area contributed by atoms with Gasteiger partial charge in [-0.05, 0) is 97.7 Å². The summed E-state index contributed by atoms with van der Waals surface area (Å²) >= 11 is 0. The van der Waals surface area contributed by atoms with Gasteiger partial charge in [0.1, 0.15) is 11.6 Å². The molecule has 206 valence electrons. The Bertz CT molecular complexity index is 1490. The van der Waals surface area contributed by atoms with Crippen molar-refractivity contribution in [2.24, 2.45) is 5.41 Å². The van der Waals surface area contributed by atoms with Crippen LogP contribution in [0.3, 0.4) is 0 Å². The zero-order chi connectivity index (χ0) is 26.5. The maximum absolute atomic E-state index is 4.82. The topological polar surface area (TPSA) is 81.4 Å². The molecule has 2 aliphatic carbocycles. The number of hydrogen-bond donors (Lipinski definition) is 4. The lowest BCUT2D eigenvalue weighted by Gasteiger charge is -2.33. The van der Waals surface area contributed by atoms with Crippen LogP contribution in [-0.2, 0) is 12.8 Å². The highest BCUT2D eigenvalue weighted by Gasteiger charge is 2.40. The van der Waals surface area contributed by atoms with Crippen LogP contribution in [0.2, 0.25) is 0 Å². The number of fused-ring (bicyclic) bond motifs is 1. The fourth-order valence-corrected chi connectivity index (χ4v) is 8.06. The number of hydrogen-bond acceptors (Lipinski definition) is 4. The van der Waals surface area contributed by atoms with Crippen molar-refractivity contribution in [3.8, 4) is 33.6 Å². The zero-order valence-electron chi connectivity index (χ0n) is 23.4. The number of aromatic nitrogens is 4. The number of nitrogens with zero attached hydrogens (tertiary/aromatic N) is 2. The Morgan fingerprint density at radius 2 is 1.18 bits per heavy atom. The average molecular weight is 533 g/mol. The molecule has 8 rings (SSSR count). The lowest BCUT2D eigenvalue weighted by molar-refractivity contribution is 0.203. The zero-order valence-corrected chi connectivity index (χ0v) is 23.4. The molecule has 0 amide bonds. The van der Waals surface area contributed by atoms with Crippen LogP contribution in [0.5, 0.6) is 0 Å². The Morgan fingerprint density at radius 1 is 0.600 bits per heavy atom. The summed E-state index contributed by atoms with van der Waals surface area (Å²) in [6, 6.07) is 14.6. The number of H-pyrrole nitrogens is 2. The fourth-order valence-electron chi connectivity index (χ4n) is 8.06. The van der Waals surface area contributed by atoms with E-state index >= 15 is 0 Å². The minimum atomic E-state index is 0.363. The van der Waals surface area contributed by atoms with Gasteiger partial charge in [-0.2, -0.15) is 0 Å². The second-order valence-electron chi connectivity index (χ2n) is 12.8. The summed E-state index contributed by atoms with van der Waals surface area (Å²) in [5.74, 6) is 2.16. The van der Waals surface area contributed by atoms with Gasteiger partial charge in [-0.3, -0.25) is 0 Å². The predicted octanol–water partition coefficient (Wildman–Crippen LogP) is 7.03. The molecule has 2 aromatic carbocycles. The lowest BCUT2D eigenvalue weighted by Crippen LogP contribution is -2.24. The van der Waals surface area contributed by atoms with E-state index in [0.29, 0.717) is 17.5 Å². The summed E-state index contributed by atoms with van der Waals surface area (Å²) in [5.41, 5.74) is 11.1. The molecule has 4 aliphatic rings. The van der Waals surface area contributed by atoms with E-state index in [-0.39, 0.29) is 0 Å². The third-order valence-corrected chi connectivity index (χ3v) is 10.2. The highest BCUT2D eigenvalue weighted by molar-refractivity contribution is 5.78. The summed E-state index contributed by atoms with van der Waals surface area (Å²) in [5, 5.41) is 7.14. The fraction of sp³-hybridized carbons (Fsp3) is 0.471. The molecule has 2 aliphatic heterocycles. The summed E-state index contributed by atoms with van der Waals surface area (Å²) < 4.78 is 0. The Kier molecular flexibility index (Phi) is 6.14. The molecule has 40 heavy (non-hydrogen) atoms. The molecule has 3 fully saturated rings. The first-order valence-electron chi connectivity index (χ1n) is 15.6. The number of nitrogens with one attached hydrogen (secondary N) is 4. The van der Waals surface area contributed by atoms with Crippen molar-refractivity contribution in [1.82, 2.24) is 30.6 Å². The normalized spacial score (nSPS) is 23.7. The third kappa shape index (κ3) is 4.33. The van der Waals surface area contributed by atoms with Crippen molar-refractivity contribution in [2.75, 3.05) is 13.1 Å². The van der Waals surface area contributed by atoms with Crippen LogP contribution in [0.4, 0.5) is 0 Å². The average Bonchev–Trinajstić information content (AvgIpc) is 3.82. The third-order valence-electron chi connectivity index (χ3n) is 10.2. The standard InChI is InChI=1S/C34H40N6/c1-2-14-34(15-3-1)18-26-24(12-13-25(27(26)19-34)31-21-38-33(40-31)29-7-5-17-36-29)22-8-10-23(11-9-22)30-20-37-32(39-30)28-6-4-16-35-28/h8-13,20-21,28-29,35-36H,1-7,14-19H2,(H,37,39)(H,38,40)/t28-,29-/m0/s1. The largest absolute Gasteiger partial charge is 0.341 e. The van der Waals surface area contributed by atoms with E-state index in [1.165, 1.54) is 92.2 Å². The van der Waals surface area contributed by atoms with Crippen LogP contribution < -0.4 is 10.6 Å². The van der Waals surface area contributed by atoms with Crippen LogP contribution in [0.15, 0.2) is 48.8 Å². The molecular formula is C34H40N6. The van der Waals surface area contributed by atoms with Crippen molar-refractivity contribution in [3.63, 3.8) is 0 Å². The Labute approximate surface area is 236 Å². The van der Waals surface area contributed by atoms with E-state index < -0.39 is 0 Å². The summed E-state index contributed by atoms with van der Waals surface area (Å²) in [6.45, 7) is 2.17. The molecule has 4 heterocycles. The van der Waals surface area contributed by atoms with Crippen LogP contribution in [-0.4, -0.2) is 33.0 Å². The molecule has 1 saturated carbocycles. The van der Waals surface area contributed by atoms with Crippen molar-refractivity contribution in [1.29, 1.82) is 0 Å². The molecule has 2 aromatic heterocycles. The quantitative estimate of drug-likeness (QED) is 0.222. The molecule has 0 radical (unpaired) electrons. The van der Waals surface area contributed by atoms with Crippen LogP contribution >= 0.6 is 0 Å². The van der Waals surface area contributed by atoms with Gasteiger partial charge in [-0.15, -0.1) is 0 Å². The van der Waals surface area contributed by atoms with Crippen molar-refractivity contribution < 1.29 is 0 Å². The SMILES string of the molecule is c1cc(-c2ccc(-c3cnc([C@@H]4CCCN4)[nH]3)c3c2CC2(CCCCC2)C3)ccc1-c1cnc([C@@H]2CCCN2)[nH]1. The minimum Gasteiger partial charge on any atom is -0.341 e. The highest BCUT2D eigenvalue weighted by Crippen LogP contribution is 2.52. The molecule has 0 unspecified atom stereocenters. The molecular weight excluding hydrogens is 492 g/mol. The molecule has 1 spiro atoms. The van der Waals surface area contributed by atoms with Gasteiger partial charge in [0, 0.05) is 5.56 Å². The lowest BCUT2D eigenvalue weighted by atomic mass is 9.72.